The molecule has 1 aliphatic rings. The molecule has 1 saturated carbocycles. The lowest BCUT2D eigenvalue weighted by atomic mass is 10.2. The van der Waals surface area contributed by atoms with Gasteiger partial charge in [-0.05, 0) is 25.8 Å². The molecule has 0 unspecified atom stereocenters. The topological polar surface area (TPSA) is 79.8 Å². The zero-order valence-corrected chi connectivity index (χ0v) is 13.6. The molecule has 6 heteroatoms. The zero-order chi connectivity index (χ0) is 16.7. The van der Waals surface area contributed by atoms with E-state index < -0.39 is 6.04 Å². The van der Waals surface area contributed by atoms with Crippen molar-refractivity contribution >= 4 is 27.7 Å². The van der Waals surface area contributed by atoms with Crippen molar-refractivity contribution in [3.8, 4) is 0 Å². The number of nitrogens with zero attached hydrogens (tertiary/aromatic N) is 2. The molecule has 3 aromatic rings. The van der Waals surface area contributed by atoms with E-state index in [2.05, 4.69) is 15.5 Å². The van der Waals surface area contributed by atoms with E-state index in [0.717, 1.165) is 29.1 Å². The highest BCUT2D eigenvalue weighted by atomic mass is 16.2. The maximum atomic E-state index is 12.7. The summed E-state index contributed by atoms with van der Waals surface area (Å²) in [7, 11) is 0. The van der Waals surface area contributed by atoms with Gasteiger partial charge >= 0.3 is 0 Å². The quantitative estimate of drug-likeness (QED) is 0.777. The van der Waals surface area contributed by atoms with E-state index in [1.165, 1.54) is 12.8 Å². The second-order valence-corrected chi connectivity index (χ2v) is 6.51. The monoisotopic (exact) mass is 324 g/mol. The molecule has 0 aliphatic heterocycles. The molecule has 2 heterocycles. The third-order valence-electron chi connectivity index (χ3n) is 4.99. The first-order valence-electron chi connectivity index (χ1n) is 8.43. The number of benzene rings is 1. The second kappa shape index (κ2) is 5.78. The van der Waals surface area contributed by atoms with Gasteiger partial charge in [0.15, 0.2) is 0 Å². The number of aromatic amines is 1. The fourth-order valence-corrected chi connectivity index (χ4v) is 3.77. The SMILES string of the molecule is C[C@H](C(=O)NC1CCCC1)n1c2ccccc2c2cn[nH]c(=O)c21. The maximum absolute atomic E-state index is 12.7. The lowest BCUT2D eigenvalue weighted by molar-refractivity contribution is -0.124. The summed E-state index contributed by atoms with van der Waals surface area (Å²) < 4.78 is 1.83. The van der Waals surface area contributed by atoms with Crippen molar-refractivity contribution in [3.05, 3.63) is 40.8 Å². The van der Waals surface area contributed by atoms with Crippen LogP contribution in [0.25, 0.3) is 21.8 Å². The molecule has 4 rings (SSSR count). The fourth-order valence-electron chi connectivity index (χ4n) is 3.77. The molecular weight excluding hydrogens is 304 g/mol. The number of aromatic nitrogens is 3. The van der Waals surface area contributed by atoms with Crippen LogP contribution in [0.2, 0.25) is 0 Å². The predicted octanol–water partition coefficient (Wildman–Crippen LogP) is 2.50. The third-order valence-corrected chi connectivity index (χ3v) is 4.99. The van der Waals surface area contributed by atoms with Gasteiger partial charge in [-0.3, -0.25) is 9.59 Å². The molecule has 0 saturated heterocycles. The number of fused-ring (bicyclic) bond motifs is 3. The first-order chi connectivity index (χ1) is 11.7. The molecule has 2 aromatic heterocycles. The molecule has 1 aromatic carbocycles. The summed E-state index contributed by atoms with van der Waals surface area (Å²) >= 11 is 0. The minimum absolute atomic E-state index is 0.0410. The van der Waals surface area contributed by atoms with Crippen molar-refractivity contribution in [2.45, 2.75) is 44.7 Å². The number of carbonyl (C=O) groups is 1. The van der Waals surface area contributed by atoms with Crippen LogP contribution in [0.4, 0.5) is 0 Å². The molecule has 2 N–H and O–H groups in total. The highest BCUT2D eigenvalue weighted by Gasteiger charge is 2.25. The Morgan fingerprint density at radius 3 is 2.83 bits per heavy atom. The number of hydrogen-bond donors (Lipinski definition) is 2. The van der Waals surface area contributed by atoms with Crippen LogP contribution in [-0.2, 0) is 4.79 Å². The highest BCUT2D eigenvalue weighted by molar-refractivity contribution is 6.08. The third kappa shape index (κ3) is 2.29. The number of H-pyrrole nitrogens is 1. The molecule has 124 valence electrons. The Balaban J connectivity index is 1.84. The van der Waals surface area contributed by atoms with Gasteiger partial charge in [-0.2, -0.15) is 5.10 Å². The molecule has 1 atom stereocenters. The van der Waals surface area contributed by atoms with Crippen molar-refractivity contribution < 1.29 is 4.79 Å². The van der Waals surface area contributed by atoms with E-state index in [1.54, 1.807) is 6.20 Å². The molecule has 1 amide bonds. The molecule has 1 aliphatic carbocycles. The van der Waals surface area contributed by atoms with Crippen LogP contribution in [0, 0.1) is 0 Å². The van der Waals surface area contributed by atoms with Crippen LogP contribution in [0.15, 0.2) is 35.3 Å². The number of carbonyl (C=O) groups excluding carboxylic acids is 1. The van der Waals surface area contributed by atoms with Crippen LogP contribution >= 0.6 is 0 Å². The lowest BCUT2D eigenvalue weighted by Crippen LogP contribution is -2.37. The predicted molar refractivity (Wildman–Crippen MR) is 93.0 cm³/mol. The van der Waals surface area contributed by atoms with Crippen molar-refractivity contribution in [1.29, 1.82) is 0 Å². The zero-order valence-electron chi connectivity index (χ0n) is 13.6. The Morgan fingerprint density at radius 2 is 2.04 bits per heavy atom. The Morgan fingerprint density at radius 1 is 1.29 bits per heavy atom. The van der Waals surface area contributed by atoms with Crippen LogP contribution in [0.1, 0.15) is 38.6 Å². The fraction of sp³-hybridized carbons (Fsp3) is 0.389. The molecule has 1 fully saturated rings. The van der Waals surface area contributed by atoms with Gasteiger partial charge in [0.2, 0.25) is 5.91 Å². The number of para-hydroxylation sites is 1. The van der Waals surface area contributed by atoms with Crippen LogP contribution in [0.3, 0.4) is 0 Å². The molecular formula is C18H20N4O2. The first-order valence-corrected chi connectivity index (χ1v) is 8.43. The minimum atomic E-state index is -0.462. The van der Waals surface area contributed by atoms with E-state index >= 15 is 0 Å². The smallest absolute Gasteiger partial charge is 0.288 e. The summed E-state index contributed by atoms with van der Waals surface area (Å²) in [6, 6.07) is 7.53. The Labute approximate surface area is 138 Å². The van der Waals surface area contributed by atoms with Crippen molar-refractivity contribution in [1.82, 2.24) is 20.1 Å². The van der Waals surface area contributed by atoms with E-state index in [4.69, 9.17) is 0 Å². The van der Waals surface area contributed by atoms with Crippen LogP contribution in [-0.4, -0.2) is 26.7 Å². The van der Waals surface area contributed by atoms with E-state index in [-0.39, 0.29) is 17.5 Å². The van der Waals surface area contributed by atoms with Gasteiger partial charge in [0.25, 0.3) is 5.56 Å². The Kier molecular flexibility index (Phi) is 3.59. The van der Waals surface area contributed by atoms with Crippen LogP contribution < -0.4 is 10.9 Å². The van der Waals surface area contributed by atoms with E-state index in [9.17, 15) is 9.59 Å². The van der Waals surface area contributed by atoms with E-state index in [0.29, 0.717) is 5.52 Å². The molecule has 0 radical (unpaired) electrons. The summed E-state index contributed by atoms with van der Waals surface area (Å²) in [5.41, 5.74) is 1.10. The summed E-state index contributed by atoms with van der Waals surface area (Å²) in [5, 5.41) is 11.2. The molecule has 6 nitrogen and oxygen atoms in total. The highest BCUT2D eigenvalue weighted by Crippen LogP contribution is 2.29. The lowest BCUT2D eigenvalue weighted by Gasteiger charge is -2.19. The number of rotatable bonds is 3. The van der Waals surface area contributed by atoms with Gasteiger partial charge in [0.1, 0.15) is 11.6 Å². The normalized spacial score (nSPS) is 16.7. The number of amides is 1. The van der Waals surface area contributed by atoms with Gasteiger partial charge in [-0.25, -0.2) is 5.10 Å². The van der Waals surface area contributed by atoms with Gasteiger partial charge < -0.3 is 9.88 Å². The van der Waals surface area contributed by atoms with Crippen molar-refractivity contribution in [2.75, 3.05) is 0 Å². The molecule has 0 bridgehead atoms. The summed E-state index contributed by atoms with van der Waals surface area (Å²) in [4.78, 5) is 25.1. The van der Waals surface area contributed by atoms with Gasteiger partial charge in [0.05, 0.1) is 11.7 Å². The Bertz CT molecular complexity index is 966. The van der Waals surface area contributed by atoms with Crippen molar-refractivity contribution in [2.24, 2.45) is 0 Å². The molecule has 0 spiro atoms. The van der Waals surface area contributed by atoms with Gasteiger partial charge in [0, 0.05) is 16.8 Å². The minimum Gasteiger partial charge on any atom is -0.352 e. The second-order valence-electron chi connectivity index (χ2n) is 6.51. The standard InChI is InChI=1S/C18H20N4O2/c1-11(17(23)20-12-6-2-3-7-12)22-15-9-5-4-8-13(15)14-10-19-21-18(24)16(14)22/h4-5,8-12H,2-3,6-7H2,1H3,(H,20,23)(H,21,24)/t11-/m1/s1. The summed E-state index contributed by atoms with van der Waals surface area (Å²) in [5.74, 6) is -0.0410. The van der Waals surface area contributed by atoms with Gasteiger partial charge in [-0.15, -0.1) is 0 Å². The van der Waals surface area contributed by atoms with Gasteiger partial charge in [-0.1, -0.05) is 31.0 Å². The number of nitrogens with one attached hydrogen (secondary N) is 2. The summed E-state index contributed by atoms with van der Waals surface area (Å²) in [6.45, 7) is 1.84. The maximum Gasteiger partial charge on any atom is 0.288 e. The Hall–Kier alpha value is -2.63. The largest absolute Gasteiger partial charge is 0.352 e. The summed E-state index contributed by atoms with van der Waals surface area (Å²) in [6.07, 6.45) is 6.06. The number of hydrogen-bond acceptors (Lipinski definition) is 3. The average Bonchev–Trinajstić information content (AvgIpc) is 3.21. The first kappa shape index (κ1) is 14.9. The van der Waals surface area contributed by atoms with Crippen LogP contribution in [0.5, 0.6) is 0 Å². The average molecular weight is 324 g/mol. The molecule has 24 heavy (non-hydrogen) atoms. The van der Waals surface area contributed by atoms with Crippen molar-refractivity contribution in [3.63, 3.8) is 0 Å². The van der Waals surface area contributed by atoms with E-state index in [1.807, 2.05) is 35.8 Å².